The third-order valence-corrected chi connectivity index (χ3v) is 2.27. The SMILES string of the molecule is C#CCCCNCCOc1ccc([N+](=O)[O-])cc1. The molecule has 0 unspecified atom stereocenters. The Labute approximate surface area is 106 Å². The van der Waals surface area contributed by atoms with Gasteiger partial charge in [-0.2, -0.15) is 0 Å². The molecule has 0 aliphatic carbocycles. The van der Waals surface area contributed by atoms with Crippen LogP contribution >= 0.6 is 0 Å². The Morgan fingerprint density at radius 2 is 2.06 bits per heavy atom. The van der Waals surface area contributed by atoms with E-state index in [0.717, 1.165) is 25.9 Å². The summed E-state index contributed by atoms with van der Waals surface area (Å²) in [5, 5.41) is 13.6. The van der Waals surface area contributed by atoms with E-state index in [9.17, 15) is 10.1 Å². The van der Waals surface area contributed by atoms with Gasteiger partial charge in [0.05, 0.1) is 4.92 Å². The molecule has 1 N–H and O–H groups in total. The highest BCUT2D eigenvalue weighted by Gasteiger charge is 2.03. The minimum Gasteiger partial charge on any atom is -0.492 e. The highest BCUT2D eigenvalue weighted by atomic mass is 16.6. The molecule has 5 heteroatoms. The summed E-state index contributed by atoms with van der Waals surface area (Å²) in [6, 6.07) is 6.04. The molecule has 0 aliphatic rings. The van der Waals surface area contributed by atoms with Crippen LogP contribution in [0, 0.1) is 22.5 Å². The van der Waals surface area contributed by atoms with Gasteiger partial charge < -0.3 is 10.1 Å². The average molecular weight is 248 g/mol. The summed E-state index contributed by atoms with van der Waals surface area (Å²) in [6.07, 6.45) is 6.85. The minimum absolute atomic E-state index is 0.0646. The average Bonchev–Trinajstić information content (AvgIpc) is 2.38. The molecule has 0 aromatic heterocycles. The van der Waals surface area contributed by atoms with Crippen LogP contribution in [0.15, 0.2) is 24.3 Å². The number of nitrogens with zero attached hydrogens (tertiary/aromatic N) is 1. The molecule has 0 heterocycles. The number of unbranched alkanes of at least 4 members (excludes halogenated alkanes) is 1. The summed E-state index contributed by atoms with van der Waals surface area (Å²) in [5.74, 6) is 3.20. The predicted octanol–water partition coefficient (Wildman–Crippen LogP) is 1.98. The highest BCUT2D eigenvalue weighted by Crippen LogP contribution is 2.16. The van der Waals surface area contributed by atoms with Crippen molar-refractivity contribution >= 4 is 5.69 Å². The molecular formula is C13H16N2O3. The molecule has 0 saturated heterocycles. The van der Waals surface area contributed by atoms with Gasteiger partial charge in [0.1, 0.15) is 12.4 Å². The Morgan fingerprint density at radius 1 is 1.33 bits per heavy atom. The summed E-state index contributed by atoms with van der Waals surface area (Å²) in [6.45, 7) is 2.11. The largest absolute Gasteiger partial charge is 0.492 e. The molecule has 96 valence electrons. The molecule has 18 heavy (non-hydrogen) atoms. The van der Waals surface area contributed by atoms with Crippen molar-refractivity contribution in [1.29, 1.82) is 0 Å². The van der Waals surface area contributed by atoms with Crippen molar-refractivity contribution in [3.8, 4) is 18.1 Å². The van der Waals surface area contributed by atoms with Crippen LogP contribution in [0.2, 0.25) is 0 Å². The van der Waals surface area contributed by atoms with E-state index in [1.54, 1.807) is 12.1 Å². The maximum atomic E-state index is 10.4. The molecule has 0 bridgehead atoms. The molecule has 0 amide bonds. The Kier molecular flexibility index (Phi) is 6.30. The summed E-state index contributed by atoms with van der Waals surface area (Å²) >= 11 is 0. The van der Waals surface area contributed by atoms with Crippen LogP contribution in [-0.4, -0.2) is 24.6 Å². The van der Waals surface area contributed by atoms with Crippen LogP contribution in [0.25, 0.3) is 0 Å². The number of non-ortho nitro benzene ring substituents is 1. The number of hydrogen-bond donors (Lipinski definition) is 1. The highest BCUT2D eigenvalue weighted by molar-refractivity contribution is 5.35. The number of rotatable bonds is 8. The molecule has 1 aromatic rings. The van der Waals surface area contributed by atoms with E-state index in [1.807, 2.05) is 0 Å². The van der Waals surface area contributed by atoms with Gasteiger partial charge in [0.2, 0.25) is 0 Å². The first-order chi connectivity index (χ1) is 8.74. The van der Waals surface area contributed by atoms with Crippen molar-refractivity contribution in [1.82, 2.24) is 5.32 Å². The summed E-state index contributed by atoms with van der Waals surface area (Å²) in [7, 11) is 0. The lowest BCUT2D eigenvalue weighted by Crippen LogP contribution is -2.21. The fourth-order valence-electron chi connectivity index (χ4n) is 1.35. The van der Waals surface area contributed by atoms with Gasteiger partial charge in [-0.1, -0.05) is 0 Å². The van der Waals surface area contributed by atoms with Crippen molar-refractivity contribution in [3.63, 3.8) is 0 Å². The zero-order valence-corrected chi connectivity index (χ0v) is 10.1. The van der Waals surface area contributed by atoms with E-state index >= 15 is 0 Å². The van der Waals surface area contributed by atoms with Crippen molar-refractivity contribution in [2.45, 2.75) is 12.8 Å². The minimum atomic E-state index is -0.434. The van der Waals surface area contributed by atoms with E-state index in [4.69, 9.17) is 11.2 Å². The van der Waals surface area contributed by atoms with E-state index in [1.165, 1.54) is 12.1 Å². The number of terminal acetylenes is 1. The van der Waals surface area contributed by atoms with Crippen LogP contribution in [0.5, 0.6) is 5.75 Å². The standard InChI is InChI=1S/C13H16N2O3/c1-2-3-4-9-14-10-11-18-13-7-5-12(6-8-13)15(16)17/h1,5-8,14H,3-4,9-11H2. The number of hydrogen-bond acceptors (Lipinski definition) is 4. The maximum Gasteiger partial charge on any atom is 0.269 e. The van der Waals surface area contributed by atoms with Gasteiger partial charge in [-0.3, -0.25) is 10.1 Å². The third kappa shape index (κ3) is 5.32. The van der Waals surface area contributed by atoms with Crippen LogP contribution in [-0.2, 0) is 0 Å². The normalized spacial score (nSPS) is 9.72. The number of nitrogens with one attached hydrogen (secondary N) is 1. The summed E-state index contributed by atoms with van der Waals surface area (Å²) in [4.78, 5) is 10.0. The van der Waals surface area contributed by atoms with Gasteiger partial charge in [-0.15, -0.1) is 12.3 Å². The molecule has 0 saturated carbocycles. The van der Waals surface area contributed by atoms with Crippen molar-refractivity contribution in [2.24, 2.45) is 0 Å². The molecule has 0 aliphatic heterocycles. The van der Waals surface area contributed by atoms with Gasteiger partial charge in [0, 0.05) is 25.1 Å². The summed E-state index contributed by atoms with van der Waals surface area (Å²) in [5.41, 5.74) is 0.0646. The maximum absolute atomic E-state index is 10.4. The first-order valence-electron chi connectivity index (χ1n) is 5.75. The number of nitro benzene ring substituents is 1. The molecule has 1 aromatic carbocycles. The fourth-order valence-corrected chi connectivity index (χ4v) is 1.35. The van der Waals surface area contributed by atoms with Gasteiger partial charge >= 0.3 is 0 Å². The molecular weight excluding hydrogens is 232 g/mol. The smallest absolute Gasteiger partial charge is 0.269 e. The lowest BCUT2D eigenvalue weighted by molar-refractivity contribution is -0.384. The summed E-state index contributed by atoms with van der Waals surface area (Å²) < 4.78 is 5.42. The lowest BCUT2D eigenvalue weighted by atomic mass is 10.3. The lowest BCUT2D eigenvalue weighted by Gasteiger charge is -2.06. The Hall–Kier alpha value is -2.06. The zero-order valence-electron chi connectivity index (χ0n) is 10.1. The first kappa shape index (κ1) is 14.0. The van der Waals surface area contributed by atoms with Crippen molar-refractivity contribution in [3.05, 3.63) is 34.4 Å². The topological polar surface area (TPSA) is 64.4 Å². The Bertz CT molecular complexity index is 409. The number of nitro groups is 1. The molecule has 0 spiro atoms. The quantitative estimate of drug-likeness (QED) is 0.330. The zero-order chi connectivity index (χ0) is 13.2. The van der Waals surface area contributed by atoms with E-state index in [0.29, 0.717) is 12.4 Å². The van der Waals surface area contributed by atoms with Crippen molar-refractivity contribution in [2.75, 3.05) is 19.7 Å². The second-order valence-electron chi connectivity index (χ2n) is 3.66. The molecule has 0 atom stereocenters. The van der Waals surface area contributed by atoms with Gasteiger partial charge in [-0.05, 0) is 25.1 Å². The third-order valence-electron chi connectivity index (χ3n) is 2.27. The number of ether oxygens (including phenoxy) is 1. The monoisotopic (exact) mass is 248 g/mol. The van der Waals surface area contributed by atoms with Crippen molar-refractivity contribution < 1.29 is 9.66 Å². The van der Waals surface area contributed by atoms with Crippen LogP contribution < -0.4 is 10.1 Å². The molecule has 0 fully saturated rings. The van der Waals surface area contributed by atoms with E-state index < -0.39 is 4.92 Å². The van der Waals surface area contributed by atoms with Crippen LogP contribution in [0.4, 0.5) is 5.69 Å². The predicted molar refractivity (Wildman–Crippen MR) is 69.5 cm³/mol. The van der Waals surface area contributed by atoms with Crippen LogP contribution in [0.1, 0.15) is 12.8 Å². The van der Waals surface area contributed by atoms with Gasteiger partial charge in [-0.25, -0.2) is 0 Å². The Balaban J connectivity index is 2.16. The second kappa shape index (κ2) is 8.09. The van der Waals surface area contributed by atoms with Gasteiger partial charge in [0.15, 0.2) is 0 Å². The molecule has 5 nitrogen and oxygen atoms in total. The second-order valence-corrected chi connectivity index (χ2v) is 3.66. The first-order valence-corrected chi connectivity index (χ1v) is 5.75. The van der Waals surface area contributed by atoms with Gasteiger partial charge in [0.25, 0.3) is 5.69 Å². The van der Waals surface area contributed by atoms with E-state index in [2.05, 4.69) is 11.2 Å². The van der Waals surface area contributed by atoms with Crippen LogP contribution in [0.3, 0.4) is 0 Å². The fraction of sp³-hybridized carbons (Fsp3) is 0.385. The molecule has 0 radical (unpaired) electrons. The number of benzene rings is 1. The van der Waals surface area contributed by atoms with E-state index in [-0.39, 0.29) is 5.69 Å². The Morgan fingerprint density at radius 3 is 2.67 bits per heavy atom. The molecule has 1 rings (SSSR count).